The Bertz CT molecular complexity index is 403. The van der Waals surface area contributed by atoms with Gasteiger partial charge >= 0.3 is 5.97 Å². The number of halogens is 3. The quantitative estimate of drug-likeness (QED) is 0.818. The topological polar surface area (TPSA) is 72.5 Å². The van der Waals surface area contributed by atoms with E-state index in [-0.39, 0.29) is 18.0 Å². The van der Waals surface area contributed by atoms with Crippen LogP contribution < -0.4 is 5.73 Å². The molecule has 16 heavy (non-hydrogen) atoms. The summed E-state index contributed by atoms with van der Waals surface area (Å²) in [5.41, 5.74) is 5.45. The second-order valence-corrected chi connectivity index (χ2v) is 3.74. The first-order chi connectivity index (χ1) is 6.97. The van der Waals surface area contributed by atoms with E-state index in [9.17, 15) is 14.3 Å². The Labute approximate surface area is 106 Å². The van der Waals surface area contributed by atoms with Crippen LogP contribution in [-0.2, 0) is 9.53 Å². The lowest BCUT2D eigenvalue weighted by Gasteiger charge is -2.12. The minimum Gasteiger partial charge on any atom is -0.505 e. The molecule has 1 rings (SSSR count). The number of carbonyl (C=O) groups is 1. The first kappa shape index (κ1) is 15.2. The first-order valence-corrected chi connectivity index (χ1v) is 4.78. The average molecular weight is 315 g/mol. The van der Waals surface area contributed by atoms with Gasteiger partial charge in [0.25, 0.3) is 0 Å². The van der Waals surface area contributed by atoms with Crippen LogP contribution in [0.2, 0.25) is 0 Å². The van der Waals surface area contributed by atoms with Gasteiger partial charge in [0.15, 0.2) is 11.6 Å². The number of ether oxygens (including phenoxy) is 1. The molecule has 0 amide bonds. The largest absolute Gasteiger partial charge is 0.505 e. The second-order valence-electron chi connectivity index (χ2n) is 2.83. The molecule has 0 fully saturated rings. The van der Waals surface area contributed by atoms with E-state index in [0.717, 1.165) is 13.2 Å². The maximum Gasteiger partial charge on any atom is 0.327 e. The molecule has 0 aromatic heterocycles. The van der Waals surface area contributed by atoms with Gasteiger partial charge in [-0.15, -0.1) is 12.4 Å². The maximum absolute atomic E-state index is 13.1. The number of hydrogen-bond donors (Lipinski definition) is 2. The summed E-state index contributed by atoms with van der Waals surface area (Å²) >= 11 is 3.03. The number of aromatic hydroxyl groups is 1. The molecule has 1 atom stereocenters. The van der Waals surface area contributed by atoms with Crippen molar-refractivity contribution in [3.63, 3.8) is 0 Å². The Kier molecular flexibility index (Phi) is 5.71. The molecule has 0 bridgehead atoms. The summed E-state index contributed by atoms with van der Waals surface area (Å²) in [5, 5.41) is 9.35. The van der Waals surface area contributed by atoms with Crippen molar-refractivity contribution in [2.75, 3.05) is 7.11 Å². The van der Waals surface area contributed by atoms with Crippen molar-refractivity contribution in [3.8, 4) is 5.75 Å². The number of esters is 1. The molecule has 0 saturated carbocycles. The summed E-state index contributed by atoms with van der Waals surface area (Å²) in [4.78, 5) is 11.1. The molecule has 0 aliphatic heterocycles. The van der Waals surface area contributed by atoms with Crippen LogP contribution in [0.3, 0.4) is 0 Å². The van der Waals surface area contributed by atoms with Crippen molar-refractivity contribution in [3.05, 3.63) is 28.0 Å². The molecular weight excluding hydrogens is 304 g/mol. The predicted octanol–water partition coefficient (Wildman–Crippen LogP) is 1.89. The van der Waals surface area contributed by atoms with Crippen LogP contribution in [0.1, 0.15) is 11.6 Å². The monoisotopic (exact) mass is 313 g/mol. The molecule has 3 N–H and O–H groups in total. The normalized spacial score (nSPS) is 11.5. The molecule has 0 unspecified atom stereocenters. The van der Waals surface area contributed by atoms with Crippen LogP contribution in [0.4, 0.5) is 4.39 Å². The summed E-state index contributed by atoms with van der Waals surface area (Å²) in [7, 11) is 1.16. The van der Waals surface area contributed by atoms with Gasteiger partial charge in [0.2, 0.25) is 0 Å². The minimum atomic E-state index is -1.21. The van der Waals surface area contributed by atoms with Gasteiger partial charge in [0.1, 0.15) is 6.04 Å². The molecule has 0 aliphatic carbocycles. The number of rotatable bonds is 2. The van der Waals surface area contributed by atoms with Crippen molar-refractivity contribution in [1.29, 1.82) is 0 Å². The van der Waals surface area contributed by atoms with Gasteiger partial charge in [0, 0.05) is 10.0 Å². The average Bonchev–Trinajstić information content (AvgIpc) is 2.21. The van der Waals surface area contributed by atoms with E-state index in [4.69, 9.17) is 5.73 Å². The number of methoxy groups -OCH3 is 1. The molecule has 0 aliphatic rings. The van der Waals surface area contributed by atoms with E-state index in [1.165, 1.54) is 6.07 Å². The number of phenols is 1. The Morgan fingerprint density at radius 1 is 1.62 bits per heavy atom. The second kappa shape index (κ2) is 6.03. The number of carbonyl (C=O) groups excluding carboxylic acids is 1. The van der Waals surface area contributed by atoms with Gasteiger partial charge in [-0.2, -0.15) is 0 Å². The predicted molar refractivity (Wildman–Crippen MR) is 62.0 cm³/mol. The Balaban J connectivity index is 0.00000225. The highest BCUT2D eigenvalue weighted by molar-refractivity contribution is 9.10. The van der Waals surface area contributed by atoms with Gasteiger partial charge in [-0.3, -0.25) is 4.79 Å². The molecule has 7 heteroatoms. The van der Waals surface area contributed by atoms with Crippen molar-refractivity contribution in [2.45, 2.75) is 6.04 Å². The number of benzene rings is 1. The number of nitrogens with two attached hydrogens (primary N) is 1. The van der Waals surface area contributed by atoms with Gasteiger partial charge in [0.05, 0.1) is 7.11 Å². The van der Waals surface area contributed by atoms with Crippen LogP contribution in [0.25, 0.3) is 0 Å². The molecule has 1 aromatic carbocycles. The Morgan fingerprint density at radius 3 is 2.69 bits per heavy atom. The zero-order valence-electron chi connectivity index (χ0n) is 8.24. The van der Waals surface area contributed by atoms with Crippen molar-refractivity contribution < 1.29 is 19.0 Å². The third-order valence-corrected chi connectivity index (χ3v) is 2.31. The summed E-state index contributed by atoms with van der Waals surface area (Å²) in [6.45, 7) is 0. The van der Waals surface area contributed by atoms with E-state index in [1.807, 2.05) is 0 Å². The maximum atomic E-state index is 13.1. The lowest BCUT2D eigenvalue weighted by molar-refractivity contribution is -0.142. The smallest absolute Gasteiger partial charge is 0.327 e. The minimum absolute atomic E-state index is 0. The summed E-state index contributed by atoms with van der Waals surface area (Å²) in [5.74, 6) is -2.24. The third-order valence-electron chi connectivity index (χ3n) is 1.85. The highest BCUT2D eigenvalue weighted by Crippen LogP contribution is 2.30. The fraction of sp³-hybridized carbons (Fsp3) is 0.222. The van der Waals surface area contributed by atoms with E-state index >= 15 is 0 Å². The van der Waals surface area contributed by atoms with Crippen LogP contribution in [0.5, 0.6) is 5.75 Å². The van der Waals surface area contributed by atoms with Crippen molar-refractivity contribution in [2.24, 2.45) is 5.73 Å². The fourth-order valence-corrected chi connectivity index (χ4v) is 1.52. The lowest BCUT2D eigenvalue weighted by Crippen LogP contribution is -2.22. The van der Waals surface area contributed by atoms with Crippen molar-refractivity contribution >= 4 is 34.3 Å². The summed E-state index contributed by atoms with van der Waals surface area (Å²) in [6, 6.07) is 1.23. The van der Waals surface area contributed by atoms with E-state index in [1.54, 1.807) is 0 Å². The molecule has 4 nitrogen and oxygen atoms in total. The number of phenolic OH excluding ortho intramolecular Hbond substituents is 1. The Morgan fingerprint density at radius 2 is 2.19 bits per heavy atom. The molecule has 90 valence electrons. The van der Waals surface area contributed by atoms with Gasteiger partial charge in [-0.05, 0) is 12.1 Å². The van der Waals surface area contributed by atoms with Crippen LogP contribution >= 0.6 is 28.3 Å². The van der Waals surface area contributed by atoms with Crippen LogP contribution in [-0.4, -0.2) is 18.2 Å². The summed E-state index contributed by atoms with van der Waals surface area (Å²) in [6.07, 6.45) is 0. The number of hydrogen-bond acceptors (Lipinski definition) is 4. The van der Waals surface area contributed by atoms with Gasteiger partial charge < -0.3 is 15.6 Å². The van der Waals surface area contributed by atoms with Gasteiger partial charge in [-0.25, -0.2) is 4.39 Å². The van der Waals surface area contributed by atoms with E-state index < -0.39 is 23.6 Å². The molecular formula is C9H10BrClFNO3. The lowest BCUT2D eigenvalue weighted by atomic mass is 10.1. The highest BCUT2D eigenvalue weighted by atomic mass is 79.9. The Hall–Kier alpha value is -0.850. The molecule has 0 spiro atoms. The zero-order chi connectivity index (χ0) is 11.6. The summed E-state index contributed by atoms with van der Waals surface area (Å²) < 4.78 is 17.9. The standard InChI is InChI=1S/C9H9BrFNO3.ClH/c1-15-9(14)7(12)5-2-4(10)3-6(11)8(5)13;/h2-3,7,13H,12H2,1H3;1H/t7-;/m1./s1. The van der Waals surface area contributed by atoms with E-state index in [0.29, 0.717) is 4.47 Å². The van der Waals surface area contributed by atoms with Crippen LogP contribution in [0.15, 0.2) is 16.6 Å². The van der Waals surface area contributed by atoms with E-state index in [2.05, 4.69) is 20.7 Å². The first-order valence-electron chi connectivity index (χ1n) is 3.98. The molecule has 0 saturated heterocycles. The van der Waals surface area contributed by atoms with Crippen LogP contribution in [0, 0.1) is 5.82 Å². The molecule has 0 radical (unpaired) electrons. The SMILES string of the molecule is COC(=O)[C@H](N)c1cc(Br)cc(F)c1O.Cl. The zero-order valence-corrected chi connectivity index (χ0v) is 10.6. The highest BCUT2D eigenvalue weighted by Gasteiger charge is 2.22. The third kappa shape index (κ3) is 3.07. The molecule has 0 heterocycles. The fourth-order valence-electron chi connectivity index (χ4n) is 1.08. The van der Waals surface area contributed by atoms with Crippen molar-refractivity contribution in [1.82, 2.24) is 0 Å². The molecule has 1 aromatic rings. The van der Waals surface area contributed by atoms with Gasteiger partial charge in [-0.1, -0.05) is 15.9 Å².